The number of aromatic nitrogens is 1. The van der Waals surface area contributed by atoms with Gasteiger partial charge in [0.1, 0.15) is 4.88 Å². The summed E-state index contributed by atoms with van der Waals surface area (Å²) in [6, 6.07) is -0.640. The zero-order chi connectivity index (χ0) is 34.5. The van der Waals surface area contributed by atoms with Crippen LogP contribution >= 0.6 is 11.3 Å². The van der Waals surface area contributed by atoms with Crippen molar-refractivity contribution in [1.29, 1.82) is 0 Å². The molecule has 268 valence electrons. The van der Waals surface area contributed by atoms with Gasteiger partial charge in [-0.25, -0.2) is 17.6 Å². The maximum Gasteiger partial charge on any atom is 0.265 e. The van der Waals surface area contributed by atoms with Crippen LogP contribution in [0.5, 0.6) is 0 Å². The number of amides is 3. The molecule has 0 bridgehead atoms. The maximum absolute atomic E-state index is 14.2. The third kappa shape index (κ3) is 7.85. The Balaban J connectivity index is 1.14. The molecule has 0 unspecified atom stereocenters. The van der Waals surface area contributed by atoms with Crippen LogP contribution in [0.25, 0.3) is 0 Å². The lowest BCUT2D eigenvalue weighted by Crippen LogP contribution is -2.65. The predicted octanol–water partition coefficient (Wildman–Crippen LogP) is 5.40. The molecular formula is C34H48F4N4O5S. The molecule has 4 atom stereocenters. The number of ether oxygens (including phenoxy) is 2. The summed E-state index contributed by atoms with van der Waals surface area (Å²) < 4.78 is 67.3. The Kier molecular flexibility index (Phi) is 9.93. The molecule has 5 aliphatic rings. The van der Waals surface area contributed by atoms with Crippen molar-refractivity contribution in [2.45, 2.75) is 109 Å². The van der Waals surface area contributed by atoms with E-state index < -0.39 is 35.3 Å². The minimum atomic E-state index is -2.70. The third-order valence-corrected chi connectivity index (χ3v) is 12.3. The lowest BCUT2D eigenvalue weighted by atomic mass is 9.70. The van der Waals surface area contributed by atoms with Gasteiger partial charge in [-0.15, -0.1) is 11.3 Å². The quantitative estimate of drug-likeness (QED) is 0.311. The molecule has 1 aromatic rings. The first-order chi connectivity index (χ1) is 22.6. The molecule has 5 fully saturated rings. The molecule has 1 spiro atoms. The van der Waals surface area contributed by atoms with E-state index in [9.17, 15) is 31.9 Å². The van der Waals surface area contributed by atoms with Crippen LogP contribution in [0.2, 0.25) is 0 Å². The van der Waals surface area contributed by atoms with Crippen LogP contribution in [-0.4, -0.2) is 102 Å². The summed E-state index contributed by atoms with van der Waals surface area (Å²) >= 11 is 1.23. The van der Waals surface area contributed by atoms with E-state index in [1.807, 2.05) is 0 Å². The highest BCUT2D eigenvalue weighted by atomic mass is 32.1. The fourth-order valence-electron chi connectivity index (χ4n) is 7.93. The topological polar surface area (TPSA) is 101 Å². The molecule has 14 heteroatoms. The van der Waals surface area contributed by atoms with Gasteiger partial charge in [0, 0.05) is 69.8 Å². The second-order valence-corrected chi connectivity index (χ2v) is 16.6. The van der Waals surface area contributed by atoms with Crippen molar-refractivity contribution in [2.24, 2.45) is 28.6 Å². The highest BCUT2D eigenvalue weighted by molar-refractivity contribution is 7.11. The Hall–Kier alpha value is -2.32. The molecule has 3 amide bonds. The van der Waals surface area contributed by atoms with Crippen LogP contribution in [0.15, 0.2) is 11.7 Å². The van der Waals surface area contributed by atoms with Crippen LogP contribution < -0.4 is 5.32 Å². The van der Waals surface area contributed by atoms with E-state index in [0.717, 1.165) is 6.42 Å². The Labute approximate surface area is 283 Å². The molecule has 48 heavy (non-hydrogen) atoms. The zero-order valence-electron chi connectivity index (χ0n) is 28.0. The Morgan fingerprint density at radius 3 is 2.17 bits per heavy atom. The van der Waals surface area contributed by atoms with Crippen LogP contribution in [0.3, 0.4) is 0 Å². The molecule has 9 nitrogen and oxygen atoms in total. The lowest BCUT2D eigenvalue weighted by Gasteiger charge is -2.50. The van der Waals surface area contributed by atoms with E-state index in [2.05, 4.69) is 24.1 Å². The van der Waals surface area contributed by atoms with Crippen molar-refractivity contribution in [3.63, 3.8) is 0 Å². The molecule has 3 saturated carbocycles. The van der Waals surface area contributed by atoms with E-state index in [1.165, 1.54) is 17.5 Å². The summed E-state index contributed by atoms with van der Waals surface area (Å²) in [5.74, 6) is -6.41. The summed E-state index contributed by atoms with van der Waals surface area (Å²) in [6.45, 7) is 7.49. The Morgan fingerprint density at radius 1 is 0.979 bits per heavy atom. The van der Waals surface area contributed by atoms with Crippen LogP contribution in [-0.2, 0) is 19.1 Å². The standard InChI is InChI=1S/C34H48F4N4O5S/c1-21(46-15-22-4-8-33(35,36)9-5-22)26(16-47-23-6-10-34(37,38)11-7-23)40-28(43)25-14-41(30(45)27-13-39-20-48-27)17-32(25)18-42(19-32)29(44)24-12-31(24,2)3/h13,20-26H,4-12,14-19H2,1-3H3,(H,40,43)/t21-,24-,25+,26-/m1/s1. The van der Waals surface area contributed by atoms with Crippen molar-refractivity contribution < 1.29 is 41.4 Å². The summed E-state index contributed by atoms with van der Waals surface area (Å²) in [5.41, 5.74) is 0.941. The van der Waals surface area contributed by atoms with Gasteiger partial charge in [0.25, 0.3) is 5.91 Å². The van der Waals surface area contributed by atoms with E-state index >= 15 is 0 Å². The van der Waals surface area contributed by atoms with Crippen molar-refractivity contribution >= 4 is 29.1 Å². The summed E-state index contributed by atoms with van der Waals surface area (Å²) in [4.78, 5) is 48.8. The maximum atomic E-state index is 14.2. The Bertz CT molecular complexity index is 1320. The molecule has 1 aromatic heterocycles. The van der Waals surface area contributed by atoms with Gasteiger partial charge < -0.3 is 24.6 Å². The summed E-state index contributed by atoms with van der Waals surface area (Å²) in [6.07, 6.45) is 1.68. The van der Waals surface area contributed by atoms with Crippen LogP contribution in [0, 0.1) is 28.6 Å². The number of alkyl halides is 4. The van der Waals surface area contributed by atoms with Crippen LogP contribution in [0.1, 0.15) is 88.2 Å². The second kappa shape index (κ2) is 13.4. The lowest BCUT2D eigenvalue weighted by molar-refractivity contribution is -0.152. The fourth-order valence-corrected chi connectivity index (χ4v) is 8.52. The van der Waals surface area contributed by atoms with E-state index in [1.54, 1.807) is 22.2 Å². The first-order valence-electron chi connectivity index (χ1n) is 17.3. The number of thiazole rings is 1. The van der Waals surface area contributed by atoms with Gasteiger partial charge in [-0.2, -0.15) is 0 Å². The largest absolute Gasteiger partial charge is 0.376 e. The van der Waals surface area contributed by atoms with Crippen molar-refractivity contribution in [3.05, 3.63) is 16.6 Å². The van der Waals surface area contributed by atoms with Gasteiger partial charge in [-0.05, 0) is 50.4 Å². The first-order valence-corrected chi connectivity index (χ1v) is 18.2. The second-order valence-electron chi connectivity index (χ2n) is 15.7. The van der Waals surface area contributed by atoms with Gasteiger partial charge >= 0.3 is 0 Å². The normalized spacial score (nSPS) is 28.9. The molecule has 3 aliphatic carbocycles. The molecule has 1 N–H and O–H groups in total. The Morgan fingerprint density at radius 2 is 1.58 bits per heavy atom. The highest BCUT2D eigenvalue weighted by Crippen LogP contribution is 2.54. The number of carbonyl (C=O) groups excluding carboxylic acids is 3. The van der Waals surface area contributed by atoms with E-state index in [-0.39, 0.29) is 99.4 Å². The minimum absolute atomic E-state index is 0.0238. The average Bonchev–Trinajstić information content (AvgIpc) is 3.38. The van der Waals surface area contributed by atoms with E-state index in [0.29, 0.717) is 37.4 Å². The molecule has 2 saturated heterocycles. The van der Waals surface area contributed by atoms with Crippen molar-refractivity contribution in [1.82, 2.24) is 20.1 Å². The number of likely N-dealkylation sites (tertiary alicyclic amines) is 2. The number of hydrogen-bond donors (Lipinski definition) is 1. The molecule has 3 heterocycles. The van der Waals surface area contributed by atoms with Gasteiger partial charge in [0.2, 0.25) is 23.7 Å². The number of hydrogen-bond acceptors (Lipinski definition) is 7. The van der Waals surface area contributed by atoms with E-state index in [4.69, 9.17) is 9.47 Å². The highest BCUT2D eigenvalue weighted by Gasteiger charge is 2.62. The monoisotopic (exact) mass is 700 g/mol. The van der Waals surface area contributed by atoms with Crippen molar-refractivity contribution in [3.8, 4) is 0 Å². The predicted molar refractivity (Wildman–Crippen MR) is 170 cm³/mol. The number of nitrogens with one attached hydrogen (secondary N) is 1. The van der Waals surface area contributed by atoms with Gasteiger partial charge in [0.05, 0.1) is 42.5 Å². The zero-order valence-corrected chi connectivity index (χ0v) is 28.8. The summed E-state index contributed by atoms with van der Waals surface area (Å²) in [7, 11) is 0. The number of nitrogens with zero attached hydrogens (tertiary/aromatic N) is 3. The van der Waals surface area contributed by atoms with Gasteiger partial charge in [-0.1, -0.05) is 13.8 Å². The minimum Gasteiger partial charge on any atom is -0.376 e. The van der Waals surface area contributed by atoms with Gasteiger partial charge in [0.15, 0.2) is 0 Å². The molecule has 6 rings (SSSR count). The van der Waals surface area contributed by atoms with Crippen molar-refractivity contribution in [2.75, 3.05) is 39.4 Å². The first kappa shape index (κ1) is 35.5. The molecule has 2 aliphatic heterocycles. The number of rotatable bonds is 11. The molecule has 0 radical (unpaired) electrons. The smallest absolute Gasteiger partial charge is 0.265 e. The number of halogens is 4. The number of carbonyl (C=O) groups is 3. The third-order valence-electron chi connectivity index (χ3n) is 11.5. The molecular weight excluding hydrogens is 652 g/mol. The molecule has 0 aromatic carbocycles. The average molecular weight is 701 g/mol. The SMILES string of the molecule is C[C@@H](OCC1CCC(F)(F)CC1)[C@@H](COC1CCC(F)(F)CC1)NC(=O)[C@@H]1CN(C(=O)c2cncs2)CC12CN(C(=O)[C@H]1CC1(C)C)C2. The van der Waals surface area contributed by atoms with Crippen LogP contribution in [0.4, 0.5) is 17.6 Å². The summed E-state index contributed by atoms with van der Waals surface area (Å²) in [5, 5.41) is 3.12. The van der Waals surface area contributed by atoms with Gasteiger partial charge in [-0.3, -0.25) is 19.4 Å². The fraction of sp³-hybridized carbons (Fsp3) is 0.824.